The van der Waals surface area contributed by atoms with Crippen LogP contribution in [-0.4, -0.2) is 32.4 Å². The molecule has 0 saturated heterocycles. The van der Waals surface area contributed by atoms with Gasteiger partial charge in [-0.2, -0.15) is 0 Å². The van der Waals surface area contributed by atoms with Crippen molar-refractivity contribution in [2.45, 2.75) is 46.3 Å². The molecule has 0 aliphatic rings. The first kappa shape index (κ1) is 17.2. The van der Waals surface area contributed by atoms with Gasteiger partial charge in [0.05, 0.1) is 19.8 Å². The molecule has 0 heterocycles. The van der Waals surface area contributed by atoms with Gasteiger partial charge in [-0.15, -0.1) is 0 Å². The average molecular weight is 279 g/mol. The molecule has 1 aromatic rings. The highest BCUT2D eigenvalue weighted by Gasteiger charge is 2.06. The molecule has 1 rings (SSSR count). The van der Waals surface area contributed by atoms with Crippen LogP contribution in [0.5, 0.6) is 0 Å². The van der Waals surface area contributed by atoms with Crippen LogP contribution in [0.4, 0.5) is 0 Å². The SMILES string of the molecule is CCOCCOCc1ccc(C(C)CNC(C)C)cc1. The highest BCUT2D eigenvalue weighted by atomic mass is 16.5. The van der Waals surface area contributed by atoms with Gasteiger partial charge < -0.3 is 14.8 Å². The van der Waals surface area contributed by atoms with Crippen molar-refractivity contribution < 1.29 is 9.47 Å². The Morgan fingerprint density at radius 3 is 2.25 bits per heavy atom. The van der Waals surface area contributed by atoms with E-state index in [0.717, 1.165) is 13.2 Å². The van der Waals surface area contributed by atoms with Gasteiger partial charge in [0.1, 0.15) is 0 Å². The predicted octanol–water partition coefficient (Wildman–Crippen LogP) is 3.34. The van der Waals surface area contributed by atoms with Crippen LogP contribution >= 0.6 is 0 Å². The first-order chi connectivity index (χ1) is 9.63. The molecular formula is C17H29NO2. The van der Waals surface area contributed by atoms with Crippen LogP contribution in [0.1, 0.15) is 44.7 Å². The first-order valence-electron chi connectivity index (χ1n) is 7.61. The van der Waals surface area contributed by atoms with Crippen LogP contribution in [0, 0.1) is 0 Å². The Hall–Kier alpha value is -0.900. The van der Waals surface area contributed by atoms with E-state index in [9.17, 15) is 0 Å². The molecular weight excluding hydrogens is 250 g/mol. The highest BCUT2D eigenvalue weighted by molar-refractivity contribution is 5.24. The molecule has 0 spiro atoms. The van der Waals surface area contributed by atoms with Crippen LogP contribution in [-0.2, 0) is 16.1 Å². The molecule has 114 valence electrons. The number of nitrogens with one attached hydrogen (secondary N) is 1. The molecule has 0 bridgehead atoms. The Balaban J connectivity index is 2.32. The smallest absolute Gasteiger partial charge is 0.0718 e. The van der Waals surface area contributed by atoms with Gasteiger partial charge >= 0.3 is 0 Å². The van der Waals surface area contributed by atoms with Gasteiger partial charge in [-0.3, -0.25) is 0 Å². The van der Waals surface area contributed by atoms with E-state index in [0.29, 0.717) is 31.8 Å². The van der Waals surface area contributed by atoms with Gasteiger partial charge in [0.2, 0.25) is 0 Å². The minimum Gasteiger partial charge on any atom is -0.379 e. The Morgan fingerprint density at radius 1 is 1.00 bits per heavy atom. The lowest BCUT2D eigenvalue weighted by Crippen LogP contribution is -2.26. The van der Waals surface area contributed by atoms with Crippen molar-refractivity contribution in [1.29, 1.82) is 0 Å². The van der Waals surface area contributed by atoms with E-state index in [-0.39, 0.29) is 0 Å². The molecule has 3 heteroatoms. The van der Waals surface area contributed by atoms with Gasteiger partial charge in [0.15, 0.2) is 0 Å². The van der Waals surface area contributed by atoms with Crippen LogP contribution in [0.15, 0.2) is 24.3 Å². The van der Waals surface area contributed by atoms with Crippen molar-refractivity contribution >= 4 is 0 Å². The number of benzene rings is 1. The van der Waals surface area contributed by atoms with Crippen molar-refractivity contribution in [3.8, 4) is 0 Å². The summed E-state index contributed by atoms with van der Waals surface area (Å²) >= 11 is 0. The monoisotopic (exact) mass is 279 g/mol. The third-order valence-electron chi connectivity index (χ3n) is 3.23. The van der Waals surface area contributed by atoms with Gasteiger partial charge in [0.25, 0.3) is 0 Å². The topological polar surface area (TPSA) is 30.5 Å². The van der Waals surface area contributed by atoms with Crippen LogP contribution < -0.4 is 5.32 Å². The van der Waals surface area contributed by atoms with Crippen LogP contribution in [0.25, 0.3) is 0 Å². The van der Waals surface area contributed by atoms with Gasteiger partial charge in [-0.25, -0.2) is 0 Å². The zero-order chi connectivity index (χ0) is 14.8. The molecule has 0 aliphatic heterocycles. The van der Waals surface area contributed by atoms with Crippen LogP contribution in [0.3, 0.4) is 0 Å². The largest absolute Gasteiger partial charge is 0.379 e. The summed E-state index contributed by atoms with van der Waals surface area (Å²) in [5.74, 6) is 0.533. The van der Waals surface area contributed by atoms with Gasteiger partial charge in [-0.05, 0) is 24.0 Å². The van der Waals surface area contributed by atoms with Crippen molar-refractivity contribution in [2.75, 3.05) is 26.4 Å². The summed E-state index contributed by atoms with van der Waals surface area (Å²) in [6.45, 7) is 12.4. The summed E-state index contributed by atoms with van der Waals surface area (Å²) < 4.78 is 10.8. The lowest BCUT2D eigenvalue weighted by atomic mass is 10.00. The molecule has 0 aliphatic carbocycles. The lowest BCUT2D eigenvalue weighted by molar-refractivity contribution is 0.0453. The molecule has 0 amide bonds. The molecule has 0 fully saturated rings. The maximum atomic E-state index is 5.56. The Labute approximate surface area is 123 Å². The summed E-state index contributed by atoms with van der Waals surface area (Å²) in [7, 11) is 0. The number of ether oxygens (including phenoxy) is 2. The fourth-order valence-corrected chi connectivity index (χ4v) is 1.92. The van der Waals surface area contributed by atoms with E-state index in [1.54, 1.807) is 0 Å². The number of hydrogen-bond acceptors (Lipinski definition) is 3. The van der Waals surface area contributed by atoms with E-state index in [4.69, 9.17) is 9.47 Å². The summed E-state index contributed by atoms with van der Waals surface area (Å²) in [5.41, 5.74) is 2.59. The summed E-state index contributed by atoms with van der Waals surface area (Å²) in [6.07, 6.45) is 0. The number of rotatable bonds is 10. The normalized spacial score (nSPS) is 12.8. The van der Waals surface area contributed by atoms with E-state index >= 15 is 0 Å². The molecule has 0 radical (unpaired) electrons. The van der Waals surface area contributed by atoms with Gasteiger partial charge in [-0.1, -0.05) is 45.0 Å². The molecule has 1 aromatic carbocycles. The van der Waals surface area contributed by atoms with E-state index in [2.05, 4.69) is 50.4 Å². The second-order valence-electron chi connectivity index (χ2n) is 5.46. The van der Waals surface area contributed by atoms with E-state index < -0.39 is 0 Å². The maximum Gasteiger partial charge on any atom is 0.0718 e. The minimum absolute atomic E-state index is 0.533. The quantitative estimate of drug-likeness (QED) is 0.666. The Bertz CT molecular complexity index is 349. The Morgan fingerprint density at radius 2 is 1.65 bits per heavy atom. The van der Waals surface area contributed by atoms with E-state index in [1.807, 2.05) is 6.92 Å². The standard InChI is InChI=1S/C17H29NO2/c1-5-19-10-11-20-13-16-6-8-17(9-7-16)15(4)12-18-14(2)3/h6-9,14-15,18H,5,10-13H2,1-4H3. The maximum absolute atomic E-state index is 5.56. The molecule has 1 unspecified atom stereocenters. The zero-order valence-electron chi connectivity index (χ0n) is 13.3. The number of hydrogen-bond donors (Lipinski definition) is 1. The first-order valence-corrected chi connectivity index (χ1v) is 7.61. The fraction of sp³-hybridized carbons (Fsp3) is 0.647. The lowest BCUT2D eigenvalue weighted by Gasteiger charge is -2.15. The third kappa shape index (κ3) is 7.04. The van der Waals surface area contributed by atoms with Gasteiger partial charge in [0, 0.05) is 19.2 Å². The van der Waals surface area contributed by atoms with E-state index in [1.165, 1.54) is 11.1 Å². The fourth-order valence-electron chi connectivity index (χ4n) is 1.92. The van der Waals surface area contributed by atoms with Crippen molar-refractivity contribution in [1.82, 2.24) is 5.32 Å². The Kier molecular flexibility index (Phi) is 8.51. The average Bonchev–Trinajstić information content (AvgIpc) is 2.45. The predicted molar refractivity (Wildman–Crippen MR) is 84.1 cm³/mol. The molecule has 20 heavy (non-hydrogen) atoms. The molecule has 0 saturated carbocycles. The second kappa shape index (κ2) is 9.92. The minimum atomic E-state index is 0.533. The summed E-state index contributed by atoms with van der Waals surface area (Å²) in [5, 5.41) is 3.47. The molecule has 1 atom stereocenters. The van der Waals surface area contributed by atoms with Crippen molar-refractivity contribution in [3.05, 3.63) is 35.4 Å². The second-order valence-corrected chi connectivity index (χ2v) is 5.46. The highest BCUT2D eigenvalue weighted by Crippen LogP contribution is 2.15. The molecule has 0 aromatic heterocycles. The van der Waals surface area contributed by atoms with Crippen molar-refractivity contribution in [2.24, 2.45) is 0 Å². The molecule has 1 N–H and O–H groups in total. The molecule has 3 nitrogen and oxygen atoms in total. The summed E-state index contributed by atoms with van der Waals surface area (Å²) in [4.78, 5) is 0. The van der Waals surface area contributed by atoms with Crippen molar-refractivity contribution in [3.63, 3.8) is 0 Å². The third-order valence-corrected chi connectivity index (χ3v) is 3.23. The zero-order valence-corrected chi connectivity index (χ0v) is 13.3. The summed E-state index contributed by atoms with van der Waals surface area (Å²) in [6, 6.07) is 9.25. The van der Waals surface area contributed by atoms with Crippen LogP contribution in [0.2, 0.25) is 0 Å².